The number of ether oxygens (including phenoxy) is 1. The van der Waals surface area contributed by atoms with Crippen LogP contribution in [0, 0.1) is 5.82 Å². The fourth-order valence-electron chi connectivity index (χ4n) is 2.40. The Bertz CT molecular complexity index is 743. The summed E-state index contributed by atoms with van der Waals surface area (Å²) < 4.78 is 20.4. The van der Waals surface area contributed by atoms with Crippen LogP contribution in [0.25, 0.3) is 0 Å². The molecular formula is C17H24FN5O2S. The molecule has 0 spiro atoms. The van der Waals surface area contributed by atoms with Gasteiger partial charge in [0.25, 0.3) is 0 Å². The summed E-state index contributed by atoms with van der Waals surface area (Å²) in [6.45, 7) is 8.02. The predicted molar refractivity (Wildman–Crippen MR) is 97.5 cm³/mol. The van der Waals surface area contributed by atoms with Gasteiger partial charge in [-0.05, 0) is 46.1 Å². The first kappa shape index (κ1) is 20.2. The monoisotopic (exact) mass is 381 g/mol. The van der Waals surface area contributed by atoms with Crippen molar-refractivity contribution in [2.75, 3.05) is 6.26 Å². The van der Waals surface area contributed by atoms with E-state index in [9.17, 15) is 9.18 Å². The number of thioether (sulfide) groups is 1. The smallest absolute Gasteiger partial charge is 0.408 e. The lowest BCUT2D eigenvalue weighted by atomic mass is 10.1. The number of rotatable bonds is 6. The maximum absolute atomic E-state index is 13.1. The summed E-state index contributed by atoms with van der Waals surface area (Å²) in [6.07, 6.45) is 2.85. The van der Waals surface area contributed by atoms with Crippen LogP contribution in [-0.2, 0) is 17.7 Å². The molecule has 0 bridgehead atoms. The fourth-order valence-corrected chi connectivity index (χ4v) is 2.96. The van der Waals surface area contributed by atoms with Gasteiger partial charge in [-0.25, -0.2) is 9.18 Å². The van der Waals surface area contributed by atoms with E-state index < -0.39 is 23.6 Å². The number of alkyl carbamates (subject to hydrolysis) is 1. The Morgan fingerprint density at radius 3 is 2.65 bits per heavy atom. The highest BCUT2D eigenvalue weighted by Crippen LogP contribution is 2.22. The zero-order chi connectivity index (χ0) is 19.3. The van der Waals surface area contributed by atoms with Gasteiger partial charge in [0, 0.05) is 18.7 Å². The lowest BCUT2D eigenvalue weighted by Crippen LogP contribution is -2.37. The van der Waals surface area contributed by atoms with E-state index in [0.29, 0.717) is 24.5 Å². The standard InChI is InChI=1S/C17H24FN5O2S/c1-6-23-14(21-22-15(23)26-5)13(20-16(24)25-17(2,3)4)9-12-8-7-11(18)10-19-12/h7-8,10,13H,6,9H2,1-5H3,(H,20,24)/t13-/m1/s1. The van der Waals surface area contributed by atoms with Gasteiger partial charge in [-0.15, -0.1) is 10.2 Å². The molecule has 0 radical (unpaired) electrons. The highest BCUT2D eigenvalue weighted by atomic mass is 32.2. The molecule has 2 aromatic heterocycles. The van der Waals surface area contributed by atoms with Crippen molar-refractivity contribution in [1.29, 1.82) is 0 Å². The number of nitrogens with one attached hydrogen (secondary N) is 1. The second-order valence-corrected chi connectivity index (χ2v) is 7.43. The van der Waals surface area contributed by atoms with Gasteiger partial charge in [0.2, 0.25) is 0 Å². The Hall–Kier alpha value is -2.16. The molecule has 0 unspecified atom stereocenters. The number of hydrogen-bond acceptors (Lipinski definition) is 6. The van der Waals surface area contributed by atoms with Crippen LogP contribution in [0.4, 0.5) is 9.18 Å². The molecule has 1 amide bonds. The first-order chi connectivity index (χ1) is 12.2. The Morgan fingerprint density at radius 1 is 1.38 bits per heavy atom. The van der Waals surface area contributed by atoms with Gasteiger partial charge in [-0.2, -0.15) is 0 Å². The van der Waals surface area contributed by atoms with Gasteiger partial charge in [0.15, 0.2) is 11.0 Å². The molecule has 1 atom stereocenters. The molecule has 7 nitrogen and oxygen atoms in total. The quantitative estimate of drug-likeness (QED) is 0.773. The molecule has 142 valence electrons. The average Bonchev–Trinajstić information content (AvgIpc) is 2.97. The summed E-state index contributed by atoms with van der Waals surface area (Å²) in [7, 11) is 0. The van der Waals surface area contributed by atoms with Crippen LogP contribution in [-0.4, -0.2) is 37.7 Å². The summed E-state index contributed by atoms with van der Waals surface area (Å²) in [5.41, 5.74) is 0.00910. The van der Waals surface area contributed by atoms with Crippen molar-refractivity contribution in [2.45, 2.75) is 57.5 Å². The van der Waals surface area contributed by atoms with E-state index in [-0.39, 0.29) is 0 Å². The van der Waals surface area contributed by atoms with Crippen LogP contribution in [0.15, 0.2) is 23.5 Å². The van der Waals surface area contributed by atoms with E-state index in [0.717, 1.165) is 11.4 Å². The minimum absolute atomic E-state index is 0.339. The number of carbonyl (C=O) groups is 1. The van der Waals surface area contributed by atoms with Gasteiger partial charge in [0.1, 0.15) is 11.4 Å². The third kappa shape index (κ3) is 5.42. The normalized spacial score (nSPS) is 12.7. The molecule has 2 heterocycles. The maximum Gasteiger partial charge on any atom is 0.408 e. The molecule has 2 aromatic rings. The Balaban J connectivity index is 2.30. The number of pyridine rings is 1. The van der Waals surface area contributed by atoms with Crippen LogP contribution >= 0.6 is 11.8 Å². The van der Waals surface area contributed by atoms with E-state index in [2.05, 4.69) is 20.5 Å². The summed E-state index contributed by atoms with van der Waals surface area (Å²) in [6, 6.07) is 2.42. The average molecular weight is 381 g/mol. The van der Waals surface area contributed by atoms with E-state index in [1.165, 1.54) is 17.8 Å². The van der Waals surface area contributed by atoms with Gasteiger partial charge >= 0.3 is 6.09 Å². The maximum atomic E-state index is 13.1. The van der Waals surface area contributed by atoms with Crippen molar-refractivity contribution < 1.29 is 13.9 Å². The molecule has 0 aromatic carbocycles. The van der Waals surface area contributed by atoms with Crippen molar-refractivity contribution >= 4 is 17.9 Å². The zero-order valence-electron chi connectivity index (χ0n) is 15.6. The predicted octanol–water partition coefficient (Wildman–Crippen LogP) is 3.36. The van der Waals surface area contributed by atoms with Crippen molar-refractivity contribution in [3.8, 4) is 0 Å². The molecule has 0 aliphatic rings. The Labute approximate surface area is 156 Å². The van der Waals surface area contributed by atoms with E-state index >= 15 is 0 Å². The second kappa shape index (κ2) is 8.48. The molecule has 0 fully saturated rings. The molecule has 26 heavy (non-hydrogen) atoms. The number of hydrogen-bond donors (Lipinski definition) is 1. The van der Waals surface area contributed by atoms with Gasteiger partial charge < -0.3 is 14.6 Å². The lowest BCUT2D eigenvalue weighted by molar-refractivity contribution is 0.0499. The number of amides is 1. The summed E-state index contributed by atoms with van der Waals surface area (Å²) in [4.78, 5) is 16.4. The topological polar surface area (TPSA) is 81.9 Å². The number of aromatic nitrogens is 4. The van der Waals surface area contributed by atoms with Crippen LogP contribution in [0.5, 0.6) is 0 Å². The lowest BCUT2D eigenvalue weighted by Gasteiger charge is -2.23. The van der Waals surface area contributed by atoms with Crippen molar-refractivity contribution in [3.05, 3.63) is 35.7 Å². The van der Waals surface area contributed by atoms with Crippen molar-refractivity contribution in [1.82, 2.24) is 25.1 Å². The molecule has 2 rings (SSSR count). The van der Waals surface area contributed by atoms with E-state index in [4.69, 9.17) is 4.74 Å². The summed E-state index contributed by atoms with van der Waals surface area (Å²) >= 11 is 1.48. The van der Waals surface area contributed by atoms with Crippen molar-refractivity contribution in [3.63, 3.8) is 0 Å². The van der Waals surface area contributed by atoms with Crippen LogP contribution in [0.3, 0.4) is 0 Å². The minimum Gasteiger partial charge on any atom is -0.444 e. The number of carbonyl (C=O) groups excluding carboxylic acids is 1. The van der Waals surface area contributed by atoms with Crippen LogP contribution in [0.1, 0.15) is 45.3 Å². The van der Waals surface area contributed by atoms with Crippen LogP contribution in [0.2, 0.25) is 0 Å². The van der Waals surface area contributed by atoms with Gasteiger partial charge in [-0.1, -0.05) is 11.8 Å². The number of nitrogens with zero attached hydrogens (tertiary/aromatic N) is 4. The van der Waals surface area contributed by atoms with E-state index in [1.807, 2.05) is 17.7 Å². The third-order valence-corrected chi connectivity index (χ3v) is 4.12. The van der Waals surface area contributed by atoms with Crippen LogP contribution < -0.4 is 5.32 Å². The number of halogens is 1. The molecule has 9 heteroatoms. The SMILES string of the molecule is CCn1c(SC)nnc1[C@@H](Cc1ccc(F)cn1)NC(=O)OC(C)(C)C. The molecule has 0 aliphatic carbocycles. The minimum atomic E-state index is -0.619. The van der Waals surface area contributed by atoms with Gasteiger partial charge in [0.05, 0.1) is 12.2 Å². The first-order valence-corrected chi connectivity index (χ1v) is 9.53. The molecule has 0 saturated carbocycles. The Morgan fingerprint density at radius 2 is 2.12 bits per heavy atom. The third-order valence-electron chi connectivity index (χ3n) is 3.45. The first-order valence-electron chi connectivity index (χ1n) is 8.30. The zero-order valence-corrected chi connectivity index (χ0v) is 16.4. The highest BCUT2D eigenvalue weighted by molar-refractivity contribution is 7.98. The van der Waals surface area contributed by atoms with Gasteiger partial charge in [-0.3, -0.25) is 4.98 Å². The highest BCUT2D eigenvalue weighted by Gasteiger charge is 2.26. The largest absolute Gasteiger partial charge is 0.444 e. The summed E-state index contributed by atoms with van der Waals surface area (Å²) in [5.74, 6) is 0.195. The second-order valence-electron chi connectivity index (χ2n) is 6.66. The molecule has 0 aliphatic heterocycles. The molecule has 0 saturated heterocycles. The van der Waals surface area contributed by atoms with E-state index in [1.54, 1.807) is 26.8 Å². The van der Waals surface area contributed by atoms with Crippen molar-refractivity contribution in [2.24, 2.45) is 0 Å². The Kier molecular flexibility index (Phi) is 6.57. The molecule has 1 N–H and O–H groups in total. The fraction of sp³-hybridized carbons (Fsp3) is 0.529. The molecular weight excluding hydrogens is 357 g/mol. The summed E-state index contributed by atoms with van der Waals surface area (Å²) in [5, 5.41) is 12.0.